The summed E-state index contributed by atoms with van der Waals surface area (Å²) in [5, 5.41) is 5.49. The number of nitrogens with two attached hydrogens (primary N) is 1. The van der Waals surface area contributed by atoms with Crippen LogP contribution in [0.3, 0.4) is 0 Å². The summed E-state index contributed by atoms with van der Waals surface area (Å²) in [7, 11) is 3.57. The summed E-state index contributed by atoms with van der Waals surface area (Å²) in [6, 6.07) is 5.84. The van der Waals surface area contributed by atoms with Crippen molar-refractivity contribution in [2.75, 3.05) is 7.11 Å². The van der Waals surface area contributed by atoms with Gasteiger partial charge in [-0.05, 0) is 19.1 Å². The van der Waals surface area contributed by atoms with Gasteiger partial charge in [0.2, 0.25) is 0 Å². The third kappa shape index (κ3) is 1.57. The fourth-order valence-corrected chi connectivity index (χ4v) is 1.73. The van der Waals surface area contributed by atoms with Crippen LogP contribution in [0.1, 0.15) is 18.7 Å². The highest BCUT2D eigenvalue weighted by Gasteiger charge is 2.12. The number of hydrogen-bond donors (Lipinski definition) is 1. The molecule has 1 unspecified atom stereocenters. The average Bonchev–Trinajstić information content (AvgIpc) is 2.56. The Morgan fingerprint density at radius 3 is 2.80 bits per heavy atom. The maximum Gasteiger partial charge on any atom is 0.121 e. The maximum absolute atomic E-state index is 5.86. The van der Waals surface area contributed by atoms with E-state index in [9.17, 15) is 0 Å². The topological polar surface area (TPSA) is 53.1 Å². The van der Waals surface area contributed by atoms with E-state index in [1.54, 1.807) is 7.11 Å². The van der Waals surface area contributed by atoms with Gasteiger partial charge < -0.3 is 10.5 Å². The van der Waals surface area contributed by atoms with E-state index >= 15 is 0 Å². The van der Waals surface area contributed by atoms with Crippen molar-refractivity contribution in [3.63, 3.8) is 0 Å². The molecule has 2 N–H and O–H groups in total. The molecule has 1 aromatic carbocycles. The lowest BCUT2D eigenvalue weighted by Crippen LogP contribution is -2.06. The number of aryl methyl sites for hydroxylation is 1. The zero-order valence-corrected chi connectivity index (χ0v) is 9.19. The summed E-state index contributed by atoms with van der Waals surface area (Å²) >= 11 is 0. The number of hydrogen-bond acceptors (Lipinski definition) is 3. The van der Waals surface area contributed by atoms with Crippen LogP contribution in [0.15, 0.2) is 18.2 Å². The van der Waals surface area contributed by atoms with Crippen LogP contribution < -0.4 is 10.5 Å². The van der Waals surface area contributed by atoms with E-state index in [4.69, 9.17) is 10.5 Å². The first-order valence-electron chi connectivity index (χ1n) is 4.89. The highest BCUT2D eigenvalue weighted by Crippen LogP contribution is 2.25. The Morgan fingerprint density at radius 1 is 1.47 bits per heavy atom. The number of fused-ring (bicyclic) bond motifs is 1. The normalized spacial score (nSPS) is 13.1. The zero-order chi connectivity index (χ0) is 11.0. The Labute approximate surface area is 88.6 Å². The molecule has 0 saturated carbocycles. The van der Waals surface area contributed by atoms with Crippen molar-refractivity contribution < 1.29 is 4.74 Å². The number of nitrogens with zero attached hydrogens (tertiary/aromatic N) is 2. The van der Waals surface area contributed by atoms with Crippen LogP contribution in [0.4, 0.5) is 0 Å². The predicted octanol–water partition coefficient (Wildman–Crippen LogP) is 1.60. The van der Waals surface area contributed by atoms with Crippen LogP contribution in [0.25, 0.3) is 10.9 Å². The van der Waals surface area contributed by atoms with Crippen LogP contribution in [0.5, 0.6) is 5.75 Å². The second-order valence-corrected chi connectivity index (χ2v) is 3.68. The van der Waals surface area contributed by atoms with Crippen molar-refractivity contribution >= 4 is 10.9 Å². The summed E-state index contributed by atoms with van der Waals surface area (Å²) in [6.07, 6.45) is 0. The molecule has 1 heterocycles. The van der Waals surface area contributed by atoms with E-state index in [1.807, 2.05) is 36.9 Å². The molecule has 0 amide bonds. The fraction of sp³-hybridized carbons (Fsp3) is 0.364. The van der Waals surface area contributed by atoms with Crippen molar-refractivity contribution in [1.82, 2.24) is 9.78 Å². The molecule has 0 spiro atoms. The van der Waals surface area contributed by atoms with E-state index in [2.05, 4.69) is 5.10 Å². The van der Waals surface area contributed by atoms with E-state index in [0.717, 1.165) is 22.3 Å². The predicted molar refractivity (Wildman–Crippen MR) is 59.9 cm³/mol. The van der Waals surface area contributed by atoms with Crippen molar-refractivity contribution in [3.8, 4) is 5.75 Å². The van der Waals surface area contributed by atoms with Crippen LogP contribution in [0.2, 0.25) is 0 Å². The summed E-state index contributed by atoms with van der Waals surface area (Å²) < 4.78 is 7.00. The molecule has 0 fully saturated rings. The molecule has 15 heavy (non-hydrogen) atoms. The van der Waals surface area contributed by atoms with Gasteiger partial charge in [-0.3, -0.25) is 4.68 Å². The molecule has 4 heteroatoms. The van der Waals surface area contributed by atoms with E-state index in [0.29, 0.717) is 0 Å². The Morgan fingerprint density at radius 2 is 2.20 bits per heavy atom. The Balaban J connectivity index is 2.69. The standard InChI is InChI=1S/C11H15N3O/c1-7(12)11-9-5-4-8(15-3)6-10(9)14(2)13-11/h4-7H,12H2,1-3H3. The Bertz CT molecular complexity index is 488. The van der Waals surface area contributed by atoms with Gasteiger partial charge in [0, 0.05) is 24.5 Å². The monoisotopic (exact) mass is 205 g/mol. The van der Waals surface area contributed by atoms with Crippen molar-refractivity contribution in [2.24, 2.45) is 12.8 Å². The van der Waals surface area contributed by atoms with Gasteiger partial charge in [0.15, 0.2) is 0 Å². The number of rotatable bonds is 2. The minimum Gasteiger partial charge on any atom is -0.497 e. The lowest BCUT2D eigenvalue weighted by atomic mass is 10.1. The van der Waals surface area contributed by atoms with Crippen LogP contribution in [-0.4, -0.2) is 16.9 Å². The van der Waals surface area contributed by atoms with E-state index in [-0.39, 0.29) is 6.04 Å². The first-order valence-corrected chi connectivity index (χ1v) is 4.89. The van der Waals surface area contributed by atoms with Crippen molar-refractivity contribution in [2.45, 2.75) is 13.0 Å². The average molecular weight is 205 g/mol. The molecular formula is C11H15N3O. The smallest absolute Gasteiger partial charge is 0.121 e. The number of aromatic nitrogens is 2. The van der Waals surface area contributed by atoms with Crippen LogP contribution in [-0.2, 0) is 7.05 Å². The molecule has 80 valence electrons. The third-order valence-corrected chi connectivity index (χ3v) is 2.52. The van der Waals surface area contributed by atoms with Crippen molar-refractivity contribution in [3.05, 3.63) is 23.9 Å². The molecule has 1 aromatic heterocycles. The summed E-state index contributed by atoms with van der Waals surface area (Å²) in [5.41, 5.74) is 7.83. The number of benzene rings is 1. The summed E-state index contributed by atoms with van der Waals surface area (Å²) in [5.74, 6) is 0.835. The summed E-state index contributed by atoms with van der Waals surface area (Å²) in [6.45, 7) is 1.94. The first-order chi connectivity index (χ1) is 7.13. The van der Waals surface area contributed by atoms with Gasteiger partial charge in [-0.1, -0.05) is 0 Å². The number of methoxy groups -OCH3 is 1. The lowest BCUT2D eigenvalue weighted by Gasteiger charge is -2.01. The van der Waals surface area contributed by atoms with Crippen molar-refractivity contribution in [1.29, 1.82) is 0 Å². The highest BCUT2D eigenvalue weighted by molar-refractivity contribution is 5.83. The van der Waals surface area contributed by atoms with Crippen LogP contribution in [0, 0.1) is 0 Å². The molecule has 0 aliphatic heterocycles. The molecule has 0 bridgehead atoms. The first kappa shape index (κ1) is 9.98. The minimum absolute atomic E-state index is 0.0536. The van der Waals surface area contributed by atoms with E-state index < -0.39 is 0 Å². The van der Waals surface area contributed by atoms with Gasteiger partial charge in [-0.25, -0.2) is 0 Å². The second kappa shape index (κ2) is 3.55. The van der Waals surface area contributed by atoms with Gasteiger partial charge in [0.1, 0.15) is 5.75 Å². The molecule has 4 nitrogen and oxygen atoms in total. The summed E-state index contributed by atoms with van der Waals surface area (Å²) in [4.78, 5) is 0. The second-order valence-electron chi connectivity index (χ2n) is 3.68. The molecule has 0 aliphatic rings. The molecule has 0 radical (unpaired) electrons. The maximum atomic E-state index is 5.86. The quantitative estimate of drug-likeness (QED) is 0.810. The molecular weight excluding hydrogens is 190 g/mol. The minimum atomic E-state index is -0.0536. The SMILES string of the molecule is COc1ccc2c(C(C)N)nn(C)c2c1. The van der Waals surface area contributed by atoms with Gasteiger partial charge in [-0.15, -0.1) is 0 Å². The van der Waals surface area contributed by atoms with Crippen LogP contribution >= 0.6 is 0 Å². The largest absolute Gasteiger partial charge is 0.497 e. The molecule has 0 aliphatic carbocycles. The van der Waals surface area contributed by atoms with Gasteiger partial charge >= 0.3 is 0 Å². The van der Waals surface area contributed by atoms with Gasteiger partial charge in [-0.2, -0.15) is 5.10 Å². The Kier molecular flexibility index (Phi) is 2.36. The van der Waals surface area contributed by atoms with Gasteiger partial charge in [0.25, 0.3) is 0 Å². The molecule has 0 saturated heterocycles. The fourth-order valence-electron chi connectivity index (χ4n) is 1.73. The Hall–Kier alpha value is -1.55. The zero-order valence-electron chi connectivity index (χ0n) is 9.19. The third-order valence-electron chi connectivity index (χ3n) is 2.52. The lowest BCUT2D eigenvalue weighted by molar-refractivity contribution is 0.415. The number of ether oxygens (including phenoxy) is 1. The van der Waals surface area contributed by atoms with Gasteiger partial charge in [0.05, 0.1) is 18.3 Å². The van der Waals surface area contributed by atoms with E-state index in [1.165, 1.54) is 0 Å². The molecule has 1 atom stereocenters. The highest BCUT2D eigenvalue weighted by atomic mass is 16.5. The molecule has 2 aromatic rings. The molecule has 2 rings (SSSR count).